The summed E-state index contributed by atoms with van der Waals surface area (Å²) in [6, 6.07) is 6.45. The van der Waals surface area contributed by atoms with E-state index in [1.807, 2.05) is 6.07 Å². The second-order valence-corrected chi connectivity index (χ2v) is 7.14. The maximum atomic E-state index is 13.1. The SMILES string of the molecule is CCN1CCN(C(C)(C)CNC(=O)CCc2cccc(F)c2)CC1. The molecule has 5 heteroatoms. The summed E-state index contributed by atoms with van der Waals surface area (Å²) in [5.74, 6) is -0.222. The van der Waals surface area contributed by atoms with Crippen LogP contribution in [0.25, 0.3) is 0 Å². The number of carbonyl (C=O) groups excluding carboxylic acids is 1. The van der Waals surface area contributed by atoms with E-state index < -0.39 is 0 Å². The smallest absolute Gasteiger partial charge is 0.220 e. The van der Waals surface area contributed by atoms with E-state index >= 15 is 0 Å². The highest BCUT2D eigenvalue weighted by atomic mass is 19.1. The Morgan fingerprint density at radius 1 is 1.25 bits per heavy atom. The lowest BCUT2D eigenvalue weighted by Gasteiger charge is -2.44. The topological polar surface area (TPSA) is 35.6 Å². The number of piperazine rings is 1. The number of nitrogens with one attached hydrogen (secondary N) is 1. The van der Waals surface area contributed by atoms with Gasteiger partial charge in [-0.2, -0.15) is 0 Å². The average molecular weight is 335 g/mol. The van der Waals surface area contributed by atoms with Gasteiger partial charge in [-0.1, -0.05) is 19.1 Å². The fourth-order valence-corrected chi connectivity index (χ4v) is 3.13. The molecule has 1 aromatic carbocycles. The number of halogens is 1. The molecule has 1 aromatic rings. The Labute approximate surface area is 145 Å². The van der Waals surface area contributed by atoms with Gasteiger partial charge in [-0.05, 0) is 44.5 Å². The summed E-state index contributed by atoms with van der Waals surface area (Å²) in [5, 5.41) is 3.04. The fourth-order valence-electron chi connectivity index (χ4n) is 3.13. The third-order valence-electron chi connectivity index (χ3n) is 4.92. The number of aryl methyl sites for hydroxylation is 1. The molecule has 0 radical (unpaired) electrons. The molecule has 1 aliphatic rings. The predicted octanol–water partition coefficient (Wildman–Crippen LogP) is 2.29. The summed E-state index contributed by atoms with van der Waals surface area (Å²) in [4.78, 5) is 17.0. The first-order chi connectivity index (χ1) is 11.4. The first kappa shape index (κ1) is 18.9. The van der Waals surface area contributed by atoms with Gasteiger partial charge in [0.1, 0.15) is 5.82 Å². The number of benzene rings is 1. The van der Waals surface area contributed by atoms with E-state index in [0.29, 0.717) is 19.4 Å². The van der Waals surface area contributed by atoms with E-state index in [4.69, 9.17) is 0 Å². The van der Waals surface area contributed by atoms with Crippen molar-refractivity contribution in [3.63, 3.8) is 0 Å². The predicted molar refractivity (Wildman–Crippen MR) is 95.5 cm³/mol. The van der Waals surface area contributed by atoms with Gasteiger partial charge in [0.15, 0.2) is 0 Å². The molecule has 1 amide bonds. The van der Waals surface area contributed by atoms with Gasteiger partial charge in [-0.25, -0.2) is 4.39 Å². The van der Waals surface area contributed by atoms with E-state index in [0.717, 1.165) is 38.3 Å². The molecule has 1 heterocycles. The van der Waals surface area contributed by atoms with E-state index in [1.54, 1.807) is 6.07 Å². The van der Waals surface area contributed by atoms with Crippen LogP contribution in [0, 0.1) is 5.82 Å². The first-order valence-corrected chi connectivity index (χ1v) is 8.89. The van der Waals surface area contributed by atoms with Crippen LogP contribution in [0.2, 0.25) is 0 Å². The van der Waals surface area contributed by atoms with Gasteiger partial charge in [-0.3, -0.25) is 9.69 Å². The highest BCUT2D eigenvalue weighted by Crippen LogP contribution is 2.16. The summed E-state index contributed by atoms with van der Waals surface area (Å²) in [5.41, 5.74) is 0.814. The lowest BCUT2D eigenvalue weighted by molar-refractivity contribution is -0.121. The van der Waals surface area contributed by atoms with Crippen LogP contribution >= 0.6 is 0 Å². The zero-order valence-corrected chi connectivity index (χ0v) is 15.1. The van der Waals surface area contributed by atoms with E-state index in [-0.39, 0.29) is 17.3 Å². The molecule has 0 unspecified atom stereocenters. The van der Waals surface area contributed by atoms with Crippen LogP contribution in [-0.4, -0.2) is 60.5 Å². The summed E-state index contributed by atoms with van der Waals surface area (Å²) in [6.07, 6.45) is 0.961. The molecule has 0 saturated carbocycles. The Bertz CT molecular complexity index is 539. The Kier molecular flexibility index (Phi) is 6.75. The number of nitrogens with zero attached hydrogens (tertiary/aromatic N) is 2. The van der Waals surface area contributed by atoms with Gasteiger partial charge in [0.2, 0.25) is 5.91 Å². The van der Waals surface area contributed by atoms with Crippen LogP contribution < -0.4 is 5.32 Å². The molecule has 2 rings (SSSR count). The molecular weight excluding hydrogens is 305 g/mol. The number of likely N-dealkylation sites (N-methyl/N-ethyl adjacent to an activating group) is 1. The van der Waals surface area contributed by atoms with Crippen molar-refractivity contribution in [1.29, 1.82) is 0 Å². The molecule has 1 N–H and O–H groups in total. The van der Waals surface area contributed by atoms with Crippen molar-refractivity contribution in [2.45, 2.75) is 39.2 Å². The molecule has 4 nitrogen and oxygen atoms in total. The number of amides is 1. The van der Waals surface area contributed by atoms with Crippen LogP contribution in [0.5, 0.6) is 0 Å². The van der Waals surface area contributed by atoms with E-state index in [9.17, 15) is 9.18 Å². The zero-order chi connectivity index (χ0) is 17.6. The highest BCUT2D eigenvalue weighted by molar-refractivity contribution is 5.76. The molecule has 24 heavy (non-hydrogen) atoms. The zero-order valence-electron chi connectivity index (χ0n) is 15.1. The van der Waals surface area contributed by atoms with Gasteiger partial charge < -0.3 is 10.2 Å². The van der Waals surface area contributed by atoms with Crippen molar-refractivity contribution < 1.29 is 9.18 Å². The van der Waals surface area contributed by atoms with Gasteiger partial charge in [0.05, 0.1) is 0 Å². The van der Waals surface area contributed by atoms with Gasteiger partial charge >= 0.3 is 0 Å². The summed E-state index contributed by atoms with van der Waals surface area (Å²) in [7, 11) is 0. The molecule has 0 atom stereocenters. The van der Waals surface area contributed by atoms with Crippen molar-refractivity contribution in [3.8, 4) is 0 Å². The summed E-state index contributed by atoms with van der Waals surface area (Å²) < 4.78 is 13.1. The van der Waals surface area contributed by atoms with Gasteiger partial charge in [0, 0.05) is 44.7 Å². The van der Waals surface area contributed by atoms with Crippen molar-refractivity contribution >= 4 is 5.91 Å². The average Bonchev–Trinajstić information content (AvgIpc) is 2.58. The minimum absolute atomic E-state index is 0.0273. The second-order valence-electron chi connectivity index (χ2n) is 7.14. The van der Waals surface area contributed by atoms with Crippen molar-refractivity contribution in [3.05, 3.63) is 35.6 Å². The Balaban J connectivity index is 1.74. The normalized spacial score (nSPS) is 17.0. The molecular formula is C19H30FN3O. The van der Waals surface area contributed by atoms with Crippen molar-refractivity contribution in [2.75, 3.05) is 39.3 Å². The van der Waals surface area contributed by atoms with E-state index in [1.165, 1.54) is 12.1 Å². The lowest BCUT2D eigenvalue weighted by Crippen LogP contribution is -2.58. The molecule has 0 aromatic heterocycles. The summed E-state index contributed by atoms with van der Waals surface area (Å²) >= 11 is 0. The monoisotopic (exact) mass is 335 g/mol. The Hall–Kier alpha value is -1.46. The van der Waals surface area contributed by atoms with Crippen LogP contribution in [0.15, 0.2) is 24.3 Å². The lowest BCUT2D eigenvalue weighted by atomic mass is 10.0. The molecule has 0 bridgehead atoms. The quantitative estimate of drug-likeness (QED) is 0.830. The maximum absolute atomic E-state index is 13.1. The number of rotatable bonds is 7. The molecule has 0 spiro atoms. The third kappa shape index (κ3) is 5.56. The molecule has 0 aliphatic carbocycles. The fraction of sp³-hybridized carbons (Fsp3) is 0.632. The maximum Gasteiger partial charge on any atom is 0.220 e. The van der Waals surface area contributed by atoms with Crippen LogP contribution in [0.1, 0.15) is 32.8 Å². The van der Waals surface area contributed by atoms with Crippen LogP contribution in [0.4, 0.5) is 4.39 Å². The van der Waals surface area contributed by atoms with E-state index in [2.05, 4.69) is 35.9 Å². The first-order valence-electron chi connectivity index (χ1n) is 8.89. The number of hydrogen-bond acceptors (Lipinski definition) is 3. The third-order valence-corrected chi connectivity index (χ3v) is 4.92. The molecule has 134 valence electrons. The minimum atomic E-state index is -0.250. The minimum Gasteiger partial charge on any atom is -0.354 e. The molecule has 1 aliphatic heterocycles. The van der Waals surface area contributed by atoms with Crippen LogP contribution in [-0.2, 0) is 11.2 Å². The van der Waals surface area contributed by atoms with Crippen LogP contribution in [0.3, 0.4) is 0 Å². The second kappa shape index (κ2) is 8.58. The largest absolute Gasteiger partial charge is 0.354 e. The van der Waals surface area contributed by atoms with Crippen molar-refractivity contribution in [1.82, 2.24) is 15.1 Å². The Morgan fingerprint density at radius 2 is 1.96 bits per heavy atom. The van der Waals surface area contributed by atoms with Gasteiger partial charge in [-0.15, -0.1) is 0 Å². The molecule has 1 saturated heterocycles. The number of carbonyl (C=O) groups is 1. The standard InChI is InChI=1S/C19H30FN3O/c1-4-22-10-12-23(13-11-22)19(2,3)15-21-18(24)9-8-16-6-5-7-17(20)14-16/h5-7,14H,4,8-13,15H2,1-3H3,(H,21,24). The molecule has 1 fully saturated rings. The highest BCUT2D eigenvalue weighted by Gasteiger charge is 2.29. The van der Waals surface area contributed by atoms with Gasteiger partial charge in [0.25, 0.3) is 0 Å². The van der Waals surface area contributed by atoms with Crippen molar-refractivity contribution in [2.24, 2.45) is 0 Å². The summed E-state index contributed by atoms with van der Waals surface area (Å²) in [6.45, 7) is 12.6. The number of hydrogen-bond donors (Lipinski definition) is 1. The Morgan fingerprint density at radius 3 is 2.58 bits per heavy atom.